The third-order valence-corrected chi connectivity index (χ3v) is 4.50. The molecule has 0 atom stereocenters. The Kier molecular flexibility index (Phi) is 6.25. The van der Waals surface area contributed by atoms with Crippen molar-refractivity contribution in [2.75, 3.05) is 6.54 Å². The zero-order chi connectivity index (χ0) is 22.8. The third kappa shape index (κ3) is 5.35. The van der Waals surface area contributed by atoms with E-state index in [2.05, 4.69) is 15.4 Å². The minimum absolute atomic E-state index is 0.0584. The number of hydrogen-bond donors (Lipinski definition) is 1. The van der Waals surface area contributed by atoms with Crippen molar-refractivity contribution in [2.24, 2.45) is 0 Å². The van der Waals surface area contributed by atoms with Crippen molar-refractivity contribution in [3.63, 3.8) is 0 Å². The Labute approximate surface area is 176 Å². The van der Waals surface area contributed by atoms with Crippen LogP contribution in [0.15, 0.2) is 48.8 Å². The zero-order valence-electron chi connectivity index (χ0n) is 15.4. The Morgan fingerprint density at radius 3 is 2.39 bits per heavy atom. The number of carbonyl (C=O) groups excluding carboxylic acids is 1. The molecule has 2 heterocycles. The first kappa shape index (κ1) is 22.6. The van der Waals surface area contributed by atoms with Gasteiger partial charge in [-0.1, -0.05) is 23.7 Å². The van der Waals surface area contributed by atoms with Crippen LogP contribution in [0.25, 0.3) is 5.69 Å². The summed E-state index contributed by atoms with van der Waals surface area (Å²) in [5.74, 6) is -0.906. The van der Waals surface area contributed by atoms with Gasteiger partial charge in [0.05, 0.1) is 33.7 Å². The summed E-state index contributed by atoms with van der Waals surface area (Å²) in [7, 11) is 0. The summed E-state index contributed by atoms with van der Waals surface area (Å²) in [6.07, 6.45) is -6.83. The van der Waals surface area contributed by atoms with Crippen molar-refractivity contribution in [3.8, 4) is 5.69 Å². The molecule has 0 unspecified atom stereocenters. The summed E-state index contributed by atoms with van der Waals surface area (Å²) in [4.78, 5) is 16.2. The summed E-state index contributed by atoms with van der Waals surface area (Å²) in [5.41, 5.74) is -2.14. The Morgan fingerprint density at radius 1 is 1.06 bits per heavy atom. The van der Waals surface area contributed by atoms with Gasteiger partial charge in [0.2, 0.25) is 0 Å². The minimum Gasteiger partial charge on any atom is -0.352 e. The Balaban J connectivity index is 1.66. The van der Waals surface area contributed by atoms with Crippen molar-refractivity contribution < 1.29 is 31.1 Å². The number of rotatable bonds is 5. The molecule has 0 saturated heterocycles. The number of benzene rings is 1. The van der Waals surface area contributed by atoms with Gasteiger partial charge in [0.1, 0.15) is 0 Å². The van der Waals surface area contributed by atoms with Crippen LogP contribution in [0.3, 0.4) is 0 Å². The average Bonchev–Trinajstić information content (AvgIpc) is 3.19. The second-order valence-electron chi connectivity index (χ2n) is 6.31. The van der Waals surface area contributed by atoms with Crippen LogP contribution in [-0.2, 0) is 18.8 Å². The number of alkyl halides is 6. The molecular weight excluding hydrogens is 450 g/mol. The number of halogens is 7. The van der Waals surface area contributed by atoms with E-state index in [9.17, 15) is 31.1 Å². The second-order valence-corrected chi connectivity index (χ2v) is 6.72. The van der Waals surface area contributed by atoms with Gasteiger partial charge in [0.15, 0.2) is 5.69 Å². The number of amides is 1. The lowest BCUT2D eigenvalue weighted by molar-refractivity contribution is -0.141. The van der Waals surface area contributed by atoms with E-state index in [4.69, 9.17) is 11.6 Å². The zero-order valence-corrected chi connectivity index (χ0v) is 16.2. The van der Waals surface area contributed by atoms with Gasteiger partial charge >= 0.3 is 12.4 Å². The van der Waals surface area contributed by atoms with Crippen LogP contribution < -0.4 is 5.32 Å². The van der Waals surface area contributed by atoms with E-state index in [1.54, 1.807) is 0 Å². The lowest BCUT2D eigenvalue weighted by Crippen LogP contribution is -2.28. The van der Waals surface area contributed by atoms with Crippen LogP contribution in [0.2, 0.25) is 5.02 Å². The monoisotopic (exact) mass is 462 g/mol. The molecule has 2 aromatic heterocycles. The molecule has 1 amide bonds. The van der Waals surface area contributed by atoms with Crippen molar-refractivity contribution in [1.29, 1.82) is 0 Å². The molecule has 0 aliphatic carbocycles. The number of nitrogens with zero attached hydrogens (tertiary/aromatic N) is 3. The van der Waals surface area contributed by atoms with Gasteiger partial charge in [-0.2, -0.15) is 31.4 Å². The maximum Gasteiger partial charge on any atom is 0.435 e. The van der Waals surface area contributed by atoms with E-state index in [0.717, 1.165) is 29.1 Å². The summed E-state index contributed by atoms with van der Waals surface area (Å²) in [5, 5.41) is 5.89. The SMILES string of the molecule is O=C(NCCc1ncc(-n2ccc(C(F)(F)F)n2)cc1Cl)c1ccccc1C(F)(F)F. The highest BCUT2D eigenvalue weighted by Gasteiger charge is 2.35. The number of carbonyl (C=O) groups is 1. The van der Waals surface area contributed by atoms with Crippen LogP contribution in [0, 0.1) is 0 Å². The highest BCUT2D eigenvalue weighted by Crippen LogP contribution is 2.32. The summed E-state index contributed by atoms with van der Waals surface area (Å²) in [6.45, 7) is -0.0584. The number of hydrogen-bond acceptors (Lipinski definition) is 3. The molecule has 3 aromatic rings. The number of pyridine rings is 1. The predicted octanol–water partition coefficient (Wildman–Crippen LogP) is 4.93. The van der Waals surface area contributed by atoms with Crippen LogP contribution in [0.5, 0.6) is 0 Å². The molecule has 0 fully saturated rings. The third-order valence-electron chi connectivity index (χ3n) is 4.17. The fourth-order valence-corrected chi connectivity index (χ4v) is 2.96. The molecule has 0 radical (unpaired) electrons. The first-order valence-corrected chi connectivity index (χ1v) is 9.06. The first-order valence-electron chi connectivity index (χ1n) is 8.69. The molecule has 1 N–H and O–H groups in total. The van der Waals surface area contributed by atoms with Crippen molar-refractivity contribution in [1.82, 2.24) is 20.1 Å². The van der Waals surface area contributed by atoms with Crippen LogP contribution in [0.4, 0.5) is 26.3 Å². The van der Waals surface area contributed by atoms with Gasteiger partial charge in [-0.05, 0) is 24.3 Å². The molecule has 0 spiro atoms. The fourth-order valence-electron chi connectivity index (χ4n) is 2.70. The predicted molar refractivity (Wildman–Crippen MR) is 98.9 cm³/mol. The van der Waals surface area contributed by atoms with Crippen LogP contribution in [0.1, 0.15) is 27.3 Å². The van der Waals surface area contributed by atoms with E-state index >= 15 is 0 Å². The average molecular weight is 463 g/mol. The van der Waals surface area contributed by atoms with E-state index in [1.807, 2.05) is 0 Å². The van der Waals surface area contributed by atoms with E-state index in [1.165, 1.54) is 24.4 Å². The van der Waals surface area contributed by atoms with Gasteiger partial charge < -0.3 is 5.32 Å². The van der Waals surface area contributed by atoms with Crippen molar-refractivity contribution >= 4 is 17.5 Å². The van der Waals surface area contributed by atoms with Crippen LogP contribution in [-0.4, -0.2) is 27.2 Å². The summed E-state index contributed by atoms with van der Waals surface area (Å²) < 4.78 is 78.0. The van der Waals surface area contributed by atoms with Gasteiger partial charge in [-0.25, -0.2) is 4.68 Å². The molecule has 12 heteroatoms. The molecule has 3 rings (SSSR count). The molecule has 0 aliphatic heterocycles. The fraction of sp³-hybridized carbons (Fsp3) is 0.211. The number of nitrogens with one attached hydrogen (secondary N) is 1. The highest BCUT2D eigenvalue weighted by atomic mass is 35.5. The van der Waals surface area contributed by atoms with E-state index in [-0.39, 0.29) is 23.7 Å². The molecule has 0 saturated carbocycles. The summed E-state index contributed by atoms with van der Waals surface area (Å²) >= 11 is 6.11. The molecule has 31 heavy (non-hydrogen) atoms. The van der Waals surface area contributed by atoms with E-state index in [0.29, 0.717) is 5.69 Å². The smallest absolute Gasteiger partial charge is 0.352 e. The molecule has 0 bridgehead atoms. The van der Waals surface area contributed by atoms with E-state index < -0.39 is 35.1 Å². The van der Waals surface area contributed by atoms with Crippen molar-refractivity contribution in [2.45, 2.75) is 18.8 Å². The standard InChI is InChI=1S/C19H13ClF6N4O/c20-14-9-11(30-8-6-16(29-30)19(24,25)26)10-28-15(14)5-7-27-17(31)12-3-1-2-4-13(12)18(21,22)23/h1-4,6,8-10H,5,7H2,(H,27,31). The lowest BCUT2D eigenvalue weighted by atomic mass is 10.1. The topological polar surface area (TPSA) is 59.8 Å². The Bertz CT molecular complexity index is 1090. The minimum atomic E-state index is -4.67. The molecule has 164 valence electrons. The van der Waals surface area contributed by atoms with Gasteiger partial charge in [-0.15, -0.1) is 0 Å². The molecular formula is C19H13ClF6N4O. The maximum absolute atomic E-state index is 13.0. The van der Waals surface area contributed by atoms with Crippen LogP contribution >= 0.6 is 11.6 Å². The molecule has 5 nitrogen and oxygen atoms in total. The maximum atomic E-state index is 13.0. The van der Waals surface area contributed by atoms with Crippen molar-refractivity contribution in [3.05, 3.63) is 76.3 Å². The highest BCUT2D eigenvalue weighted by molar-refractivity contribution is 6.31. The Hall–Kier alpha value is -3.08. The largest absolute Gasteiger partial charge is 0.435 e. The second kappa shape index (κ2) is 8.58. The lowest BCUT2D eigenvalue weighted by Gasteiger charge is -2.13. The summed E-state index contributed by atoms with van der Waals surface area (Å²) in [6, 6.07) is 6.53. The number of aromatic nitrogens is 3. The molecule has 1 aromatic carbocycles. The first-order chi connectivity index (χ1) is 14.5. The Morgan fingerprint density at radius 2 is 1.77 bits per heavy atom. The van der Waals surface area contributed by atoms with Gasteiger partial charge in [-0.3, -0.25) is 9.78 Å². The normalized spacial score (nSPS) is 12.1. The molecule has 0 aliphatic rings. The van der Waals surface area contributed by atoms with Gasteiger partial charge in [0, 0.05) is 19.2 Å². The quantitative estimate of drug-likeness (QED) is 0.547. The van der Waals surface area contributed by atoms with Gasteiger partial charge in [0.25, 0.3) is 5.91 Å².